The van der Waals surface area contributed by atoms with E-state index in [1.165, 1.54) is 0 Å². The van der Waals surface area contributed by atoms with Crippen molar-refractivity contribution in [3.63, 3.8) is 0 Å². The van der Waals surface area contributed by atoms with Gasteiger partial charge in [-0.3, -0.25) is 0 Å². The van der Waals surface area contributed by atoms with E-state index in [1.807, 2.05) is 6.07 Å². The van der Waals surface area contributed by atoms with Crippen molar-refractivity contribution in [2.75, 3.05) is 19.7 Å². The second-order valence-electron chi connectivity index (χ2n) is 5.51. The van der Waals surface area contributed by atoms with Crippen LogP contribution in [0.1, 0.15) is 25.8 Å². The largest absolute Gasteiger partial charge is 0.489 e. The van der Waals surface area contributed by atoms with Gasteiger partial charge >= 0.3 is 0 Å². The number of hydrogen-bond donors (Lipinski definition) is 3. The van der Waals surface area contributed by atoms with Crippen molar-refractivity contribution in [3.05, 3.63) is 29.8 Å². The van der Waals surface area contributed by atoms with Gasteiger partial charge in [-0.25, -0.2) is 0 Å². The van der Waals surface area contributed by atoms with Crippen LogP contribution in [-0.4, -0.2) is 42.1 Å². The summed E-state index contributed by atoms with van der Waals surface area (Å²) in [7, 11) is 0. The number of aliphatic hydroxyl groups is 2. The number of rotatable bonds is 9. The first-order valence-corrected chi connectivity index (χ1v) is 7.21. The highest BCUT2D eigenvalue weighted by atomic mass is 16.5. The lowest BCUT2D eigenvalue weighted by molar-refractivity contribution is 0.0965. The summed E-state index contributed by atoms with van der Waals surface area (Å²) >= 11 is 0. The molecule has 0 saturated heterocycles. The molecule has 0 aliphatic carbocycles. The molecule has 0 aliphatic rings. The molecule has 0 radical (unpaired) electrons. The summed E-state index contributed by atoms with van der Waals surface area (Å²) in [5.41, 5.74) is 0.449. The van der Waals surface area contributed by atoms with Gasteiger partial charge in [0, 0.05) is 13.1 Å². The van der Waals surface area contributed by atoms with Gasteiger partial charge in [0.15, 0.2) is 0 Å². The van der Waals surface area contributed by atoms with Crippen LogP contribution in [0.25, 0.3) is 0 Å². The summed E-state index contributed by atoms with van der Waals surface area (Å²) < 4.78 is 5.44. The third-order valence-corrected chi connectivity index (χ3v) is 2.94. The quantitative estimate of drug-likeness (QED) is 0.638. The predicted octanol–water partition coefficient (Wildman–Crippen LogP) is 1.29. The van der Waals surface area contributed by atoms with Crippen molar-refractivity contribution in [2.45, 2.75) is 32.5 Å². The van der Waals surface area contributed by atoms with E-state index in [0.717, 1.165) is 6.42 Å². The van der Waals surface area contributed by atoms with Gasteiger partial charge in [-0.1, -0.05) is 26.0 Å². The second kappa shape index (κ2) is 9.35. The lowest BCUT2D eigenvalue weighted by Gasteiger charge is -2.17. The average Bonchev–Trinajstić information content (AvgIpc) is 2.44. The van der Waals surface area contributed by atoms with Crippen LogP contribution in [0.15, 0.2) is 24.3 Å². The Kier molecular flexibility index (Phi) is 7.76. The zero-order valence-electron chi connectivity index (χ0n) is 12.6. The molecule has 0 aliphatic heterocycles. The molecule has 116 valence electrons. The molecule has 1 aromatic carbocycles. The van der Waals surface area contributed by atoms with Crippen LogP contribution in [-0.2, 0) is 0 Å². The van der Waals surface area contributed by atoms with E-state index >= 15 is 0 Å². The van der Waals surface area contributed by atoms with E-state index in [1.54, 1.807) is 24.3 Å². The third-order valence-electron chi connectivity index (χ3n) is 2.94. The Labute approximate surface area is 126 Å². The number of benzene rings is 1. The number of ether oxygens (including phenoxy) is 1. The summed E-state index contributed by atoms with van der Waals surface area (Å²) in [5.74, 6) is 0.913. The highest BCUT2D eigenvalue weighted by Gasteiger charge is 2.10. The Morgan fingerprint density at radius 2 is 1.86 bits per heavy atom. The van der Waals surface area contributed by atoms with Crippen molar-refractivity contribution >= 4 is 0 Å². The number of nitrogens with zero attached hydrogens (tertiary/aromatic N) is 1. The minimum Gasteiger partial charge on any atom is -0.489 e. The summed E-state index contributed by atoms with van der Waals surface area (Å²) in [5, 5.41) is 31.4. The Morgan fingerprint density at radius 1 is 1.19 bits per heavy atom. The minimum absolute atomic E-state index is 0.103. The van der Waals surface area contributed by atoms with Gasteiger partial charge in [0.05, 0.1) is 11.7 Å². The number of hydrogen-bond acceptors (Lipinski definition) is 5. The average molecular weight is 292 g/mol. The Balaban J connectivity index is 2.25. The van der Waals surface area contributed by atoms with Gasteiger partial charge in [-0.2, -0.15) is 5.26 Å². The van der Waals surface area contributed by atoms with E-state index in [2.05, 4.69) is 19.2 Å². The van der Waals surface area contributed by atoms with Crippen LogP contribution in [0.5, 0.6) is 5.75 Å². The summed E-state index contributed by atoms with van der Waals surface area (Å²) in [6.45, 7) is 5.00. The zero-order valence-corrected chi connectivity index (χ0v) is 12.6. The topological polar surface area (TPSA) is 85.5 Å². The number of para-hydroxylation sites is 1. The van der Waals surface area contributed by atoms with E-state index < -0.39 is 12.2 Å². The van der Waals surface area contributed by atoms with Gasteiger partial charge < -0.3 is 20.3 Å². The van der Waals surface area contributed by atoms with E-state index in [9.17, 15) is 10.2 Å². The van der Waals surface area contributed by atoms with Crippen LogP contribution in [0.4, 0.5) is 0 Å². The van der Waals surface area contributed by atoms with Crippen LogP contribution in [0.2, 0.25) is 0 Å². The normalized spacial score (nSPS) is 13.7. The van der Waals surface area contributed by atoms with Gasteiger partial charge in [0.2, 0.25) is 0 Å². The Morgan fingerprint density at radius 3 is 2.52 bits per heavy atom. The molecule has 0 aromatic heterocycles. The van der Waals surface area contributed by atoms with Crippen molar-refractivity contribution in [3.8, 4) is 11.8 Å². The van der Waals surface area contributed by atoms with E-state index in [-0.39, 0.29) is 6.61 Å². The van der Waals surface area contributed by atoms with Crippen LogP contribution < -0.4 is 10.1 Å². The molecule has 5 nitrogen and oxygen atoms in total. The molecule has 5 heteroatoms. The minimum atomic E-state index is -0.692. The molecule has 0 bridgehead atoms. The van der Waals surface area contributed by atoms with Gasteiger partial charge in [-0.05, 0) is 24.5 Å². The first kappa shape index (κ1) is 17.4. The first-order valence-electron chi connectivity index (χ1n) is 7.21. The van der Waals surface area contributed by atoms with Crippen molar-refractivity contribution in [1.29, 1.82) is 5.26 Å². The molecular formula is C16H24N2O3. The predicted molar refractivity (Wildman–Crippen MR) is 81.0 cm³/mol. The van der Waals surface area contributed by atoms with Crippen LogP contribution >= 0.6 is 0 Å². The highest BCUT2D eigenvalue weighted by molar-refractivity contribution is 5.42. The van der Waals surface area contributed by atoms with Gasteiger partial charge in [0.25, 0.3) is 0 Å². The van der Waals surface area contributed by atoms with Crippen molar-refractivity contribution in [1.82, 2.24) is 5.32 Å². The molecular weight excluding hydrogens is 268 g/mol. The smallest absolute Gasteiger partial charge is 0.137 e. The molecule has 0 heterocycles. The molecule has 0 saturated carbocycles. The van der Waals surface area contributed by atoms with Crippen molar-refractivity contribution in [2.24, 2.45) is 5.92 Å². The molecule has 0 spiro atoms. The zero-order chi connectivity index (χ0) is 15.7. The maximum Gasteiger partial charge on any atom is 0.137 e. The van der Waals surface area contributed by atoms with Gasteiger partial charge in [-0.15, -0.1) is 0 Å². The van der Waals surface area contributed by atoms with Crippen molar-refractivity contribution < 1.29 is 14.9 Å². The number of nitriles is 1. The maximum absolute atomic E-state index is 9.82. The number of aliphatic hydroxyl groups excluding tert-OH is 2. The lowest BCUT2D eigenvalue weighted by atomic mass is 10.1. The summed E-state index contributed by atoms with van der Waals surface area (Å²) in [6, 6.07) is 8.95. The molecule has 21 heavy (non-hydrogen) atoms. The molecule has 2 atom stereocenters. The Hall–Kier alpha value is -1.61. The lowest BCUT2D eigenvalue weighted by Crippen LogP contribution is -2.36. The highest BCUT2D eigenvalue weighted by Crippen LogP contribution is 2.16. The SMILES string of the molecule is CC(C)CC(O)CNCC(O)COc1ccccc1C#N. The van der Waals surface area contributed by atoms with Crippen LogP contribution in [0.3, 0.4) is 0 Å². The molecule has 1 rings (SSSR count). The van der Waals surface area contributed by atoms with Gasteiger partial charge in [0.1, 0.15) is 24.5 Å². The standard InChI is InChI=1S/C16H24N2O3/c1-12(2)7-14(19)9-18-10-15(20)11-21-16-6-4-3-5-13(16)8-17/h3-6,12,14-15,18-20H,7,9-11H2,1-2H3. The second-order valence-corrected chi connectivity index (χ2v) is 5.51. The Bertz CT molecular complexity index is 457. The maximum atomic E-state index is 9.82. The fraction of sp³-hybridized carbons (Fsp3) is 0.562. The molecule has 0 amide bonds. The van der Waals surface area contributed by atoms with Crippen LogP contribution in [0, 0.1) is 17.2 Å². The fourth-order valence-corrected chi connectivity index (χ4v) is 1.97. The molecule has 1 aromatic rings. The molecule has 0 fully saturated rings. The summed E-state index contributed by atoms with van der Waals surface area (Å²) in [4.78, 5) is 0. The fourth-order valence-electron chi connectivity index (χ4n) is 1.97. The van der Waals surface area contributed by atoms with E-state index in [0.29, 0.717) is 30.3 Å². The third kappa shape index (κ3) is 7.09. The first-order chi connectivity index (χ1) is 10.0. The monoisotopic (exact) mass is 292 g/mol. The molecule has 3 N–H and O–H groups in total. The number of nitrogens with one attached hydrogen (secondary N) is 1. The van der Waals surface area contributed by atoms with E-state index in [4.69, 9.17) is 10.00 Å². The summed E-state index contributed by atoms with van der Waals surface area (Å²) in [6.07, 6.45) is -0.366. The molecule has 2 unspecified atom stereocenters.